The van der Waals surface area contributed by atoms with Crippen molar-refractivity contribution in [3.8, 4) is 0 Å². The number of halogens is 1. The van der Waals surface area contributed by atoms with Crippen molar-refractivity contribution in [1.29, 1.82) is 0 Å². The van der Waals surface area contributed by atoms with Crippen molar-refractivity contribution >= 4 is 29.2 Å². The summed E-state index contributed by atoms with van der Waals surface area (Å²) in [6.45, 7) is 5.18. The molecule has 1 aromatic rings. The normalized spacial score (nSPS) is 10.9. The molecule has 104 valence electrons. The van der Waals surface area contributed by atoms with Crippen molar-refractivity contribution in [3.05, 3.63) is 28.8 Å². The molecule has 1 aromatic carbocycles. The predicted molar refractivity (Wildman–Crippen MR) is 74.0 cm³/mol. The van der Waals surface area contributed by atoms with Crippen LogP contribution in [0.3, 0.4) is 0 Å². The molecule has 1 rings (SSSR count). The maximum absolute atomic E-state index is 11.7. The highest BCUT2D eigenvalue weighted by Gasteiger charge is 2.16. The van der Waals surface area contributed by atoms with Gasteiger partial charge in [0.15, 0.2) is 6.61 Å². The topological polar surface area (TPSA) is 81.4 Å². The van der Waals surface area contributed by atoms with Gasteiger partial charge in [0.1, 0.15) is 0 Å². The van der Waals surface area contributed by atoms with Crippen LogP contribution in [0.5, 0.6) is 0 Å². The third-order valence-electron chi connectivity index (χ3n) is 2.08. The number of carbonyl (C=O) groups is 2. The number of hydrogen-bond acceptors (Lipinski definition) is 4. The van der Waals surface area contributed by atoms with E-state index < -0.39 is 5.97 Å². The highest BCUT2D eigenvalue weighted by Crippen LogP contribution is 2.19. The van der Waals surface area contributed by atoms with Crippen LogP contribution in [0.15, 0.2) is 18.2 Å². The summed E-state index contributed by atoms with van der Waals surface area (Å²) in [4.78, 5) is 23.2. The molecule has 0 aliphatic carbocycles. The number of nitrogen functional groups attached to an aromatic ring is 1. The first-order valence-corrected chi connectivity index (χ1v) is 6.10. The molecule has 0 atom stereocenters. The van der Waals surface area contributed by atoms with Crippen LogP contribution in [-0.4, -0.2) is 24.0 Å². The molecule has 1 amide bonds. The average molecular weight is 285 g/mol. The Morgan fingerprint density at radius 1 is 1.37 bits per heavy atom. The van der Waals surface area contributed by atoms with E-state index in [2.05, 4.69) is 5.32 Å². The minimum absolute atomic E-state index is 0.255. The third kappa shape index (κ3) is 5.18. The van der Waals surface area contributed by atoms with Gasteiger partial charge in [-0.15, -0.1) is 0 Å². The van der Waals surface area contributed by atoms with Crippen molar-refractivity contribution in [2.45, 2.75) is 26.3 Å². The molecule has 0 spiro atoms. The largest absolute Gasteiger partial charge is 0.452 e. The number of nitrogens with two attached hydrogens (primary N) is 1. The standard InChI is InChI=1S/C13H17ClN2O3/c1-13(2,3)16-11(17)7-19-12(18)8-4-5-9(14)10(15)6-8/h4-6H,7,15H2,1-3H3,(H,16,17). The number of nitrogens with one attached hydrogen (secondary N) is 1. The molecule has 0 bridgehead atoms. The first-order chi connectivity index (χ1) is 8.69. The molecular formula is C13H17ClN2O3. The minimum atomic E-state index is -0.618. The summed E-state index contributed by atoms with van der Waals surface area (Å²) in [6, 6.07) is 4.40. The first-order valence-electron chi connectivity index (χ1n) is 5.72. The molecule has 0 heterocycles. The van der Waals surface area contributed by atoms with E-state index in [0.717, 1.165) is 0 Å². The van der Waals surface area contributed by atoms with Crippen molar-refractivity contribution in [1.82, 2.24) is 5.32 Å². The summed E-state index contributed by atoms with van der Waals surface area (Å²) in [6.07, 6.45) is 0. The number of hydrogen-bond donors (Lipinski definition) is 2. The van der Waals surface area contributed by atoms with Crippen LogP contribution >= 0.6 is 11.6 Å². The van der Waals surface area contributed by atoms with Gasteiger partial charge < -0.3 is 15.8 Å². The Morgan fingerprint density at radius 3 is 2.53 bits per heavy atom. The number of esters is 1. The maximum Gasteiger partial charge on any atom is 0.338 e. The lowest BCUT2D eigenvalue weighted by Crippen LogP contribution is -2.42. The third-order valence-corrected chi connectivity index (χ3v) is 2.42. The Labute approximate surface area is 117 Å². The van der Waals surface area contributed by atoms with Crippen LogP contribution in [0.4, 0.5) is 5.69 Å². The fourth-order valence-electron chi connectivity index (χ4n) is 1.34. The number of anilines is 1. The lowest BCUT2D eigenvalue weighted by atomic mass is 10.1. The van der Waals surface area contributed by atoms with Gasteiger partial charge >= 0.3 is 5.97 Å². The van der Waals surface area contributed by atoms with Gasteiger partial charge in [-0.2, -0.15) is 0 Å². The van der Waals surface area contributed by atoms with Crippen LogP contribution in [0.25, 0.3) is 0 Å². The van der Waals surface area contributed by atoms with E-state index in [4.69, 9.17) is 22.1 Å². The zero-order chi connectivity index (χ0) is 14.6. The number of ether oxygens (including phenoxy) is 1. The lowest BCUT2D eigenvalue weighted by molar-refractivity contribution is -0.125. The SMILES string of the molecule is CC(C)(C)NC(=O)COC(=O)c1ccc(Cl)c(N)c1. The molecule has 0 saturated heterocycles. The minimum Gasteiger partial charge on any atom is -0.452 e. The molecule has 0 saturated carbocycles. The summed E-state index contributed by atoms with van der Waals surface area (Å²) in [5.74, 6) is -0.977. The van der Waals surface area contributed by atoms with Gasteiger partial charge in [0, 0.05) is 5.54 Å². The van der Waals surface area contributed by atoms with Crippen LogP contribution < -0.4 is 11.1 Å². The van der Waals surface area contributed by atoms with E-state index in [1.807, 2.05) is 20.8 Å². The molecule has 3 N–H and O–H groups in total. The smallest absolute Gasteiger partial charge is 0.338 e. The number of carbonyl (C=O) groups excluding carboxylic acids is 2. The Hall–Kier alpha value is -1.75. The Bertz CT molecular complexity index is 495. The van der Waals surface area contributed by atoms with E-state index in [0.29, 0.717) is 5.02 Å². The molecule has 0 aromatic heterocycles. The second kappa shape index (κ2) is 5.93. The summed E-state index contributed by atoms with van der Waals surface area (Å²) in [7, 11) is 0. The van der Waals surface area contributed by atoms with Gasteiger partial charge in [0.05, 0.1) is 16.3 Å². The van der Waals surface area contributed by atoms with E-state index in [9.17, 15) is 9.59 Å². The van der Waals surface area contributed by atoms with Crippen LogP contribution in [0.1, 0.15) is 31.1 Å². The monoisotopic (exact) mass is 284 g/mol. The molecular weight excluding hydrogens is 268 g/mol. The van der Waals surface area contributed by atoms with Gasteiger partial charge in [-0.25, -0.2) is 4.79 Å². The zero-order valence-electron chi connectivity index (χ0n) is 11.1. The van der Waals surface area contributed by atoms with E-state index in [1.165, 1.54) is 18.2 Å². The Balaban J connectivity index is 2.56. The second-order valence-corrected chi connectivity index (χ2v) is 5.52. The van der Waals surface area contributed by atoms with Gasteiger partial charge in [-0.3, -0.25) is 4.79 Å². The summed E-state index contributed by atoms with van der Waals surface area (Å²) in [5.41, 5.74) is 5.75. The molecule has 0 aliphatic rings. The van der Waals surface area contributed by atoms with Crippen molar-refractivity contribution in [2.75, 3.05) is 12.3 Å². The molecule has 6 heteroatoms. The fraction of sp³-hybridized carbons (Fsp3) is 0.385. The summed E-state index contributed by atoms with van der Waals surface area (Å²) < 4.78 is 4.88. The highest BCUT2D eigenvalue weighted by molar-refractivity contribution is 6.33. The summed E-state index contributed by atoms with van der Waals surface area (Å²) >= 11 is 5.74. The van der Waals surface area contributed by atoms with Crippen molar-refractivity contribution in [2.24, 2.45) is 0 Å². The van der Waals surface area contributed by atoms with E-state index in [1.54, 1.807) is 0 Å². The van der Waals surface area contributed by atoms with Crippen molar-refractivity contribution in [3.63, 3.8) is 0 Å². The van der Waals surface area contributed by atoms with Crippen LogP contribution in [0.2, 0.25) is 5.02 Å². The molecule has 0 radical (unpaired) electrons. The molecule has 0 aliphatic heterocycles. The number of amides is 1. The lowest BCUT2D eigenvalue weighted by Gasteiger charge is -2.20. The number of rotatable bonds is 3. The Kier molecular flexibility index (Phi) is 4.78. The maximum atomic E-state index is 11.7. The van der Waals surface area contributed by atoms with Gasteiger partial charge in [-0.1, -0.05) is 11.6 Å². The van der Waals surface area contributed by atoms with Crippen LogP contribution in [-0.2, 0) is 9.53 Å². The molecule has 19 heavy (non-hydrogen) atoms. The van der Waals surface area contributed by atoms with E-state index >= 15 is 0 Å². The van der Waals surface area contributed by atoms with Gasteiger partial charge in [0.2, 0.25) is 0 Å². The zero-order valence-corrected chi connectivity index (χ0v) is 11.9. The Morgan fingerprint density at radius 2 is 2.00 bits per heavy atom. The second-order valence-electron chi connectivity index (χ2n) is 5.11. The number of benzene rings is 1. The quantitative estimate of drug-likeness (QED) is 0.657. The molecule has 5 nitrogen and oxygen atoms in total. The predicted octanol–water partition coefficient (Wildman–Crippen LogP) is 1.99. The molecule has 0 fully saturated rings. The summed E-state index contributed by atoms with van der Waals surface area (Å²) in [5, 5.41) is 3.05. The van der Waals surface area contributed by atoms with Crippen LogP contribution in [0, 0.1) is 0 Å². The van der Waals surface area contributed by atoms with E-state index in [-0.39, 0.29) is 29.3 Å². The highest BCUT2D eigenvalue weighted by atomic mass is 35.5. The average Bonchev–Trinajstić information content (AvgIpc) is 2.27. The van der Waals surface area contributed by atoms with Gasteiger partial charge in [0.25, 0.3) is 5.91 Å². The first kappa shape index (κ1) is 15.3. The molecule has 0 unspecified atom stereocenters. The van der Waals surface area contributed by atoms with Crippen molar-refractivity contribution < 1.29 is 14.3 Å². The fourth-order valence-corrected chi connectivity index (χ4v) is 1.46. The van der Waals surface area contributed by atoms with Gasteiger partial charge in [-0.05, 0) is 39.0 Å².